The van der Waals surface area contributed by atoms with Gasteiger partial charge in [0.1, 0.15) is 0 Å². The third kappa shape index (κ3) is 4.99. The summed E-state index contributed by atoms with van der Waals surface area (Å²) in [5.41, 5.74) is 0.534. The molecule has 0 bridgehead atoms. The minimum Gasteiger partial charge on any atom is -0.378 e. The molecule has 2 fully saturated rings. The van der Waals surface area contributed by atoms with Crippen LogP contribution in [0, 0.1) is 10.1 Å². The number of amides is 1. The fourth-order valence-electron chi connectivity index (χ4n) is 3.60. The molecule has 1 aromatic carbocycles. The molecule has 0 unspecified atom stereocenters. The second-order valence-electron chi connectivity index (χ2n) is 7.36. The van der Waals surface area contributed by atoms with Crippen LogP contribution in [0.3, 0.4) is 0 Å². The summed E-state index contributed by atoms with van der Waals surface area (Å²) in [5, 5.41) is 14.9. The minimum absolute atomic E-state index is 0.0124. The largest absolute Gasteiger partial charge is 0.378 e. The van der Waals surface area contributed by atoms with E-state index in [1.54, 1.807) is 12.1 Å². The highest BCUT2D eigenvalue weighted by molar-refractivity contribution is 5.78. The molecule has 30 heavy (non-hydrogen) atoms. The predicted octanol–water partition coefficient (Wildman–Crippen LogP) is 0.621. The maximum Gasteiger partial charge on any atom is 0.270 e. The molecule has 0 radical (unpaired) electrons. The average molecular weight is 416 g/mol. The molecule has 3 heterocycles. The van der Waals surface area contributed by atoms with Crippen molar-refractivity contribution in [1.29, 1.82) is 0 Å². The molecule has 0 aliphatic carbocycles. The van der Waals surface area contributed by atoms with Gasteiger partial charge in [0.15, 0.2) is 0 Å². The van der Waals surface area contributed by atoms with E-state index in [9.17, 15) is 14.9 Å². The van der Waals surface area contributed by atoms with Gasteiger partial charge in [0.2, 0.25) is 17.6 Å². The SMILES string of the molecule is O=C(CN1CCN(Cc2nc(-c3cccc([N+](=O)[O-])c3)no2)CC1)N1CCOCC1. The predicted molar refractivity (Wildman–Crippen MR) is 106 cm³/mol. The van der Waals surface area contributed by atoms with Crippen LogP contribution in [0.1, 0.15) is 5.89 Å². The summed E-state index contributed by atoms with van der Waals surface area (Å²) in [6.07, 6.45) is 0. The van der Waals surface area contributed by atoms with Gasteiger partial charge < -0.3 is 14.2 Å². The number of piperazine rings is 1. The number of morpholine rings is 1. The molecular weight excluding hydrogens is 392 g/mol. The van der Waals surface area contributed by atoms with Crippen LogP contribution in [0.5, 0.6) is 0 Å². The van der Waals surface area contributed by atoms with E-state index in [-0.39, 0.29) is 11.6 Å². The van der Waals surface area contributed by atoms with Crippen molar-refractivity contribution in [3.05, 3.63) is 40.3 Å². The van der Waals surface area contributed by atoms with Crippen LogP contribution in [-0.4, -0.2) is 94.7 Å². The van der Waals surface area contributed by atoms with E-state index in [1.807, 2.05) is 4.90 Å². The van der Waals surface area contributed by atoms with Crippen molar-refractivity contribution in [3.63, 3.8) is 0 Å². The van der Waals surface area contributed by atoms with Gasteiger partial charge in [-0.25, -0.2) is 0 Å². The van der Waals surface area contributed by atoms with Gasteiger partial charge in [0.25, 0.3) is 5.69 Å². The number of benzene rings is 1. The summed E-state index contributed by atoms with van der Waals surface area (Å²) in [4.78, 5) is 33.5. The van der Waals surface area contributed by atoms with Crippen LogP contribution >= 0.6 is 0 Å². The second kappa shape index (κ2) is 9.28. The number of carbonyl (C=O) groups excluding carboxylic acids is 1. The van der Waals surface area contributed by atoms with Crippen molar-refractivity contribution in [1.82, 2.24) is 24.8 Å². The lowest BCUT2D eigenvalue weighted by Crippen LogP contribution is -2.51. The Morgan fingerprint density at radius 1 is 1.10 bits per heavy atom. The molecule has 2 aliphatic heterocycles. The molecule has 0 spiro atoms. The maximum absolute atomic E-state index is 12.4. The first-order chi connectivity index (χ1) is 14.6. The summed E-state index contributed by atoms with van der Waals surface area (Å²) < 4.78 is 10.6. The highest BCUT2D eigenvalue weighted by Crippen LogP contribution is 2.21. The van der Waals surface area contributed by atoms with Crippen molar-refractivity contribution >= 4 is 11.6 Å². The number of carbonyl (C=O) groups is 1. The number of nitro benzene ring substituents is 1. The Hall–Kier alpha value is -2.89. The van der Waals surface area contributed by atoms with Crippen molar-refractivity contribution in [2.24, 2.45) is 0 Å². The van der Waals surface area contributed by atoms with E-state index >= 15 is 0 Å². The topological polar surface area (TPSA) is 118 Å². The molecule has 160 valence electrons. The van der Waals surface area contributed by atoms with Gasteiger partial charge in [-0.15, -0.1) is 0 Å². The van der Waals surface area contributed by atoms with Crippen LogP contribution in [-0.2, 0) is 16.1 Å². The summed E-state index contributed by atoms with van der Waals surface area (Å²) in [6.45, 7) is 6.69. The van der Waals surface area contributed by atoms with E-state index in [4.69, 9.17) is 9.26 Å². The fraction of sp³-hybridized carbons (Fsp3) is 0.526. The van der Waals surface area contributed by atoms with Crippen LogP contribution in [0.15, 0.2) is 28.8 Å². The third-order valence-electron chi connectivity index (χ3n) is 5.33. The minimum atomic E-state index is -0.451. The molecular formula is C19H24N6O5. The summed E-state index contributed by atoms with van der Waals surface area (Å²) >= 11 is 0. The normalized spacial score (nSPS) is 18.5. The number of nitrogens with zero attached hydrogens (tertiary/aromatic N) is 6. The van der Waals surface area contributed by atoms with Crippen molar-refractivity contribution in [2.45, 2.75) is 6.54 Å². The zero-order valence-corrected chi connectivity index (χ0v) is 16.6. The first-order valence-corrected chi connectivity index (χ1v) is 9.96. The lowest BCUT2D eigenvalue weighted by atomic mass is 10.2. The number of rotatable bonds is 6. The van der Waals surface area contributed by atoms with Crippen molar-refractivity contribution < 1.29 is 19.0 Å². The lowest BCUT2D eigenvalue weighted by molar-refractivity contribution is -0.384. The molecule has 11 nitrogen and oxygen atoms in total. The number of hydrogen-bond acceptors (Lipinski definition) is 9. The monoisotopic (exact) mass is 416 g/mol. The Balaban J connectivity index is 1.27. The van der Waals surface area contributed by atoms with E-state index in [0.29, 0.717) is 56.7 Å². The molecule has 0 N–H and O–H groups in total. The van der Waals surface area contributed by atoms with Gasteiger partial charge in [-0.05, 0) is 0 Å². The number of nitro groups is 1. The number of hydrogen-bond donors (Lipinski definition) is 0. The number of aromatic nitrogens is 2. The van der Waals surface area contributed by atoms with Gasteiger partial charge in [0.05, 0.1) is 31.2 Å². The second-order valence-corrected chi connectivity index (χ2v) is 7.36. The van der Waals surface area contributed by atoms with E-state index < -0.39 is 4.92 Å². The first-order valence-electron chi connectivity index (χ1n) is 9.96. The molecule has 11 heteroatoms. The number of non-ortho nitro benzene ring substituents is 1. The molecule has 1 aromatic heterocycles. The summed E-state index contributed by atoms with van der Waals surface area (Å²) in [7, 11) is 0. The molecule has 0 atom stereocenters. The van der Waals surface area contributed by atoms with Crippen molar-refractivity contribution in [2.75, 3.05) is 59.0 Å². The Morgan fingerprint density at radius 2 is 1.83 bits per heavy atom. The van der Waals surface area contributed by atoms with Gasteiger partial charge in [-0.3, -0.25) is 24.7 Å². The zero-order valence-electron chi connectivity index (χ0n) is 16.6. The standard InChI is InChI=1S/C19H24N6O5/c26-18(24-8-10-29-11-9-24)14-23-6-4-22(5-7-23)13-17-20-19(21-30-17)15-2-1-3-16(12-15)25(27)28/h1-3,12H,4-11,13-14H2. The van der Waals surface area contributed by atoms with Gasteiger partial charge in [-0.1, -0.05) is 17.3 Å². The molecule has 4 rings (SSSR count). The lowest BCUT2D eigenvalue weighted by Gasteiger charge is -2.35. The quantitative estimate of drug-likeness (QED) is 0.493. The highest BCUT2D eigenvalue weighted by Gasteiger charge is 2.24. The van der Waals surface area contributed by atoms with E-state index in [2.05, 4.69) is 19.9 Å². The fourth-order valence-corrected chi connectivity index (χ4v) is 3.60. The van der Waals surface area contributed by atoms with Gasteiger partial charge >= 0.3 is 0 Å². The van der Waals surface area contributed by atoms with Gasteiger partial charge in [0, 0.05) is 57.0 Å². The van der Waals surface area contributed by atoms with Crippen LogP contribution in [0.25, 0.3) is 11.4 Å². The Bertz CT molecular complexity index is 889. The highest BCUT2D eigenvalue weighted by atomic mass is 16.6. The van der Waals surface area contributed by atoms with Crippen LogP contribution in [0.2, 0.25) is 0 Å². The van der Waals surface area contributed by atoms with E-state index in [0.717, 1.165) is 26.2 Å². The zero-order chi connectivity index (χ0) is 20.9. The Kier molecular flexibility index (Phi) is 6.31. The van der Waals surface area contributed by atoms with Crippen molar-refractivity contribution in [3.8, 4) is 11.4 Å². The van der Waals surface area contributed by atoms with Gasteiger partial charge in [-0.2, -0.15) is 4.98 Å². The first kappa shape index (κ1) is 20.4. The summed E-state index contributed by atoms with van der Waals surface area (Å²) in [5.74, 6) is 0.961. The average Bonchev–Trinajstić information content (AvgIpc) is 3.24. The molecule has 2 saturated heterocycles. The van der Waals surface area contributed by atoms with Crippen LogP contribution in [0.4, 0.5) is 5.69 Å². The molecule has 0 saturated carbocycles. The van der Waals surface area contributed by atoms with Crippen LogP contribution < -0.4 is 0 Å². The smallest absolute Gasteiger partial charge is 0.270 e. The molecule has 1 amide bonds. The molecule has 2 aliphatic rings. The molecule has 2 aromatic rings. The van der Waals surface area contributed by atoms with E-state index in [1.165, 1.54) is 12.1 Å². The maximum atomic E-state index is 12.4. The third-order valence-corrected chi connectivity index (χ3v) is 5.33. The summed E-state index contributed by atoms with van der Waals surface area (Å²) in [6, 6.07) is 6.17. The number of ether oxygens (including phenoxy) is 1. The Morgan fingerprint density at radius 3 is 2.57 bits per heavy atom. The Labute approximate surface area is 173 Å².